The van der Waals surface area contributed by atoms with E-state index in [1.54, 1.807) is 0 Å². The van der Waals surface area contributed by atoms with Crippen LogP contribution in [0.3, 0.4) is 0 Å². The van der Waals surface area contributed by atoms with Gasteiger partial charge in [-0.15, -0.1) is 0 Å². The van der Waals surface area contributed by atoms with Crippen LogP contribution in [0, 0.1) is 0 Å². The molecular weight excluding hydrogens is 436 g/mol. The summed E-state index contributed by atoms with van der Waals surface area (Å²) < 4.78 is 27.0. The minimum atomic E-state index is -0.959. The number of rotatable bonds is 18. The number of ether oxygens (including phenoxy) is 5. The molecule has 0 aromatic carbocycles. The summed E-state index contributed by atoms with van der Waals surface area (Å²) in [4.78, 5) is 25.1. The summed E-state index contributed by atoms with van der Waals surface area (Å²) in [6.07, 6.45) is -1.92. The lowest BCUT2D eigenvalue weighted by Gasteiger charge is -2.32. The summed E-state index contributed by atoms with van der Waals surface area (Å²) in [7, 11) is 0. The van der Waals surface area contributed by atoms with Gasteiger partial charge in [-0.25, -0.2) is 9.59 Å². The first-order valence-corrected chi connectivity index (χ1v) is 11.3. The third-order valence-corrected chi connectivity index (χ3v) is 4.49. The molecule has 2 N–H and O–H groups in total. The standard InChI is InChI=1S/C22H44N2O9/c1-21(2,3)23(19(25)26)7-9-29-11-13-31-15-17-33-18-16-32-14-12-30-10-8-24(20(27)28)22(4,5)6/h7-18H2,1-6H3,(H,25,26)(H,27,28). The highest BCUT2D eigenvalue weighted by Gasteiger charge is 2.26. The highest BCUT2D eigenvalue weighted by Crippen LogP contribution is 2.13. The molecule has 0 heterocycles. The Balaban J connectivity index is 3.46. The molecule has 0 aromatic heterocycles. The maximum Gasteiger partial charge on any atom is 0.407 e. The van der Waals surface area contributed by atoms with Crippen LogP contribution < -0.4 is 0 Å². The Kier molecular flexibility index (Phi) is 16.0. The van der Waals surface area contributed by atoms with Crippen LogP contribution in [0.15, 0.2) is 0 Å². The Hall–Kier alpha value is -1.66. The lowest BCUT2D eigenvalue weighted by atomic mass is 10.1. The molecule has 0 aliphatic carbocycles. The quantitative estimate of drug-likeness (QED) is 0.285. The van der Waals surface area contributed by atoms with Crippen LogP contribution in [-0.2, 0) is 23.7 Å². The third-order valence-electron chi connectivity index (χ3n) is 4.49. The van der Waals surface area contributed by atoms with Crippen LogP contribution in [0.4, 0.5) is 9.59 Å². The zero-order chi connectivity index (χ0) is 25.3. The summed E-state index contributed by atoms with van der Waals surface area (Å²) in [5.41, 5.74) is -0.925. The van der Waals surface area contributed by atoms with Gasteiger partial charge in [-0.2, -0.15) is 0 Å². The molecule has 11 heteroatoms. The van der Waals surface area contributed by atoms with Crippen molar-refractivity contribution in [2.75, 3.05) is 79.2 Å². The molecule has 0 fully saturated rings. The van der Waals surface area contributed by atoms with Crippen LogP contribution in [0.5, 0.6) is 0 Å². The zero-order valence-corrected chi connectivity index (χ0v) is 21.1. The molecule has 0 radical (unpaired) electrons. The van der Waals surface area contributed by atoms with Crippen LogP contribution in [-0.4, -0.2) is 122 Å². The topological polar surface area (TPSA) is 127 Å². The molecule has 0 saturated heterocycles. The maximum absolute atomic E-state index is 11.2. The SMILES string of the molecule is CC(C)(C)N(CCOCCOCCOCCOCCOCCN(C(=O)O)C(C)(C)C)C(=O)O. The van der Waals surface area contributed by atoms with Crippen LogP contribution in [0.25, 0.3) is 0 Å². The van der Waals surface area contributed by atoms with E-state index in [2.05, 4.69) is 0 Å². The Morgan fingerprint density at radius 2 is 0.727 bits per heavy atom. The number of amides is 2. The average Bonchev–Trinajstić information content (AvgIpc) is 2.67. The summed E-state index contributed by atoms with van der Waals surface area (Å²) in [5, 5.41) is 18.4. The molecule has 0 saturated carbocycles. The van der Waals surface area contributed by atoms with Gasteiger partial charge in [-0.05, 0) is 41.5 Å². The van der Waals surface area contributed by atoms with E-state index in [1.807, 2.05) is 41.5 Å². The first kappa shape index (κ1) is 31.3. The lowest BCUT2D eigenvalue weighted by molar-refractivity contribution is -0.0153. The van der Waals surface area contributed by atoms with E-state index >= 15 is 0 Å². The smallest absolute Gasteiger partial charge is 0.407 e. The molecule has 0 aromatic rings. The molecule has 0 aliphatic heterocycles. The molecular formula is C22H44N2O9. The van der Waals surface area contributed by atoms with Gasteiger partial charge in [0.25, 0.3) is 0 Å². The van der Waals surface area contributed by atoms with E-state index in [0.29, 0.717) is 79.2 Å². The van der Waals surface area contributed by atoms with Gasteiger partial charge in [0.15, 0.2) is 0 Å². The van der Waals surface area contributed by atoms with Gasteiger partial charge in [0.1, 0.15) is 0 Å². The predicted octanol–water partition coefficient (Wildman–Crippen LogP) is 2.63. The fraction of sp³-hybridized carbons (Fsp3) is 0.909. The number of hydrogen-bond donors (Lipinski definition) is 2. The molecule has 196 valence electrons. The van der Waals surface area contributed by atoms with Gasteiger partial charge in [0.2, 0.25) is 0 Å². The van der Waals surface area contributed by atoms with E-state index in [0.717, 1.165) is 0 Å². The number of carbonyl (C=O) groups is 2. The Labute approximate surface area is 197 Å². The first-order chi connectivity index (χ1) is 15.4. The van der Waals surface area contributed by atoms with Crippen molar-refractivity contribution in [3.05, 3.63) is 0 Å². The van der Waals surface area contributed by atoms with E-state index < -0.39 is 23.3 Å². The van der Waals surface area contributed by atoms with Crippen molar-refractivity contribution in [2.24, 2.45) is 0 Å². The van der Waals surface area contributed by atoms with Crippen molar-refractivity contribution >= 4 is 12.2 Å². The second-order valence-corrected chi connectivity index (χ2v) is 9.27. The Bertz CT molecular complexity index is 487. The minimum Gasteiger partial charge on any atom is -0.465 e. The summed E-state index contributed by atoms with van der Waals surface area (Å²) in [6.45, 7) is 15.7. The molecule has 33 heavy (non-hydrogen) atoms. The maximum atomic E-state index is 11.2. The van der Waals surface area contributed by atoms with Gasteiger partial charge in [0, 0.05) is 24.2 Å². The third kappa shape index (κ3) is 16.6. The lowest BCUT2D eigenvalue weighted by Crippen LogP contribution is -2.46. The Morgan fingerprint density at radius 1 is 0.515 bits per heavy atom. The van der Waals surface area contributed by atoms with Crippen molar-refractivity contribution in [1.29, 1.82) is 0 Å². The molecule has 2 amide bonds. The Morgan fingerprint density at radius 3 is 0.909 bits per heavy atom. The summed E-state index contributed by atoms with van der Waals surface area (Å²) in [6, 6.07) is 0. The van der Waals surface area contributed by atoms with Crippen LogP contribution in [0.1, 0.15) is 41.5 Å². The normalized spacial score (nSPS) is 12.1. The zero-order valence-electron chi connectivity index (χ0n) is 21.1. The van der Waals surface area contributed by atoms with Crippen molar-refractivity contribution in [2.45, 2.75) is 52.6 Å². The van der Waals surface area contributed by atoms with Gasteiger partial charge in [0.05, 0.1) is 66.1 Å². The van der Waals surface area contributed by atoms with Gasteiger partial charge >= 0.3 is 12.2 Å². The highest BCUT2D eigenvalue weighted by atomic mass is 16.6. The second-order valence-electron chi connectivity index (χ2n) is 9.27. The molecule has 0 aliphatic rings. The fourth-order valence-corrected chi connectivity index (χ4v) is 2.73. The average molecular weight is 481 g/mol. The van der Waals surface area contributed by atoms with E-state index in [-0.39, 0.29) is 0 Å². The van der Waals surface area contributed by atoms with E-state index in [9.17, 15) is 19.8 Å². The molecule has 0 spiro atoms. The van der Waals surface area contributed by atoms with Gasteiger partial charge < -0.3 is 43.7 Å². The van der Waals surface area contributed by atoms with Crippen LogP contribution in [0.2, 0.25) is 0 Å². The van der Waals surface area contributed by atoms with E-state index in [1.165, 1.54) is 9.80 Å². The summed E-state index contributed by atoms with van der Waals surface area (Å²) in [5.74, 6) is 0. The molecule has 0 atom stereocenters. The van der Waals surface area contributed by atoms with Gasteiger partial charge in [-0.1, -0.05) is 0 Å². The largest absolute Gasteiger partial charge is 0.465 e. The van der Waals surface area contributed by atoms with Gasteiger partial charge in [-0.3, -0.25) is 0 Å². The second kappa shape index (κ2) is 16.9. The van der Waals surface area contributed by atoms with Crippen molar-refractivity contribution in [1.82, 2.24) is 9.80 Å². The molecule has 0 rings (SSSR count). The molecule has 11 nitrogen and oxygen atoms in total. The highest BCUT2D eigenvalue weighted by molar-refractivity contribution is 5.66. The molecule has 0 unspecified atom stereocenters. The predicted molar refractivity (Wildman–Crippen MR) is 123 cm³/mol. The minimum absolute atomic E-state index is 0.310. The number of hydrogen-bond acceptors (Lipinski definition) is 7. The first-order valence-electron chi connectivity index (χ1n) is 11.3. The van der Waals surface area contributed by atoms with E-state index in [4.69, 9.17) is 23.7 Å². The van der Waals surface area contributed by atoms with Crippen molar-refractivity contribution in [3.63, 3.8) is 0 Å². The van der Waals surface area contributed by atoms with Crippen molar-refractivity contribution in [3.8, 4) is 0 Å². The fourth-order valence-electron chi connectivity index (χ4n) is 2.73. The van der Waals surface area contributed by atoms with Crippen LogP contribution >= 0.6 is 0 Å². The number of carboxylic acid groups (broad SMARTS) is 2. The monoisotopic (exact) mass is 480 g/mol. The van der Waals surface area contributed by atoms with Crippen molar-refractivity contribution < 1.29 is 43.5 Å². The summed E-state index contributed by atoms with van der Waals surface area (Å²) >= 11 is 0. The molecule has 0 bridgehead atoms. The number of nitrogens with zero attached hydrogens (tertiary/aromatic N) is 2.